The maximum atomic E-state index is 12.2. The molecule has 0 radical (unpaired) electrons. The lowest BCUT2D eigenvalue weighted by molar-refractivity contribution is 0.102. The number of anilines is 2. The molecule has 0 heterocycles. The van der Waals surface area contributed by atoms with Crippen LogP contribution in [0.3, 0.4) is 0 Å². The van der Waals surface area contributed by atoms with E-state index >= 15 is 0 Å². The molecule has 19 heavy (non-hydrogen) atoms. The van der Waals surface area contributed by atoms with E-state index in [4.69, 9.17) is 17.3 Å². The highest BCUT2D eigenvalue weighted by molar-refractivity contribution is 9.11. The molecule has 1 amide bonds. The maximum Gasteiger partial charge on any atom is 0.255 e. The standard InChI is InChI=1S/C13H9Br2ClN2O/c14-8-4-7(5-9(15)6-8)13(19)18-12-10(16)2-1-3-11(12)17/h1-6H,17H2,(H,18,19). The molecule has 2 aromatic carbocycles. The summed E-state index contributed by atoms with van der Waals surface area (Å²) in [6.07, 6.45) is 0. The van der Waals surface area contributed by atoms with Gasteiger partial charge in [0.15, 0.2) is 0 Å². The van der Waals surface area contributed by atoms with Crippen molar-refractivity contribution in [3.63, 3.8) is 0 Å². The van der Waals surface area contributed by atoms with Crippen molar-refractivity contribution in [1.29, 1.82) is 0 Å². The maximum absolute atomic E-state index is 12.2. The predicted molar refractivity (Wildman–Crippen MR) is 85.7 cm³/mol. The zero-order valence-electron chi connectivity index (χ0n) is 9.58. The molecule has 0 spiro atoms. The van der Waals surface area contributed by atoms with Gasteiger partial charge in [0.25, 0.3) is 5.91 Å². The predicted octanol–water partition coefficient (Wildman–Crippen LogP) is 4.70. The van der Waals surface area contributed by atoms with Gasteiger partial charge in [-0.2, -0.15) is 0 Å². The number of carbonyl (C=O) groups is 1. The van der Waals surface area contributed by atoms with E-state index in [2.05, 4.69) is 37.2 Å². The van der Waals surface area contributed by atoms with Crippen molar-refractivity contribution in [2.75, 3.05) is 11.1 Å². The first kappa shape index (κ1) is 14.4. The van der Waals surface area contributed by atoms with Crippen molar-refractivity contribution < 1.29 is 4.79 Å². The van der Waals surface area contributed by atoms with Crippen LogP contribution < -0.4 is 11.1 Å². The molecular weight excluding hydrogens is 395 g/mol. The van der Waals surface area contributed by atoms with Gasteiger partial charge in [0.05, 0.1) is 16.4 Å². The van der Waals surface area contributed by atoms with Gasteiger partial charge >= 0.3 is 0 Å². The van der Waals surface area contributed by atoms with Crippen LogP contribution in [0.25, 0.3) is 0 Å². The first-order chi connectivity index (χ1) is 8.97. The third-order valence-corrected chi connectivity index (χ3v) is 3.64. The van der Waals surface area contributed by atoms with Gasteiger partial charge in [0, 0.05) is 14.5 Å². The van der Waals surface area contributed by atoms with Gasteiger partial charge < -0.3 is 11.1 Å². The van der Waals surface area contributed by atoms with E-state index in [9.17, 15) is 4.79 Å². The van der Waals surface area contributed by atoms with E-state index in [1.165, 1.54) is 0 Å². The number of rotatable bonds is 2. The van der Waals surface area contributed by atoms with Crippen LogP contribution in [0.4, 0.5) is 11.4 Å². The Bertz CT molecular complexity index is 606. The molecule has 3 nitrogen and oxygen atoms in total. The van der Waals surface area contributed by atoms with Crippen molar-refractivity contribution >= 4 is 60.7 Å². The summed E-state index contributed by atoms with van der Waals surface area (Å²) in [5.74, 6) is -0.276. The smallest absolute Gasteiger partial charge is 0.255 e. The van der Waals surface area contributed by atoms with Crippen LogP contribution in [0, 0.1) is 0 Å². The number of nitrogens with one attached hydrogen (secondary N) is 1. The second kappa shape index (κ2) is 5.94. The minimum Gasteiger partial charge on any atom is -0.397 e. The number of amides is 1. The van der Waals surface area contributed by atoms with Gasteiger partial charge in [-0.25, -0.2) is 0 Å². The third kappa shape index (κ3) is 3.49. The molecule has 0 aliphatic carbocycles. The Labute approximate surface area is 132 Å². The number of halogens is 3. The topological polar surface area (TPSA) is 55.1 Å². The summed E-state index contributed by atoms with van der Waals surface area (Å²) < 4.78 is 1.61. The summed E-state index contributed by atoms with van der Waals surface area (Å²) in [5, 5.41) is 3.12. The first-order valence-electron chi connectivity index (χ1n) is 5.29. The Kier molecular flexibility index (Phi) is 4.50. The fourth-order valence-corrected chi connectivity index (χ4v) is 3.07. The lowest BCUT2D eigenvalue weighted by Crippen LogP contribution is -2.13. The average Bonchev–Trinajstić information content (AvgIpc) is 2.32. The van der Waals surface area contributed by atoms with E-state index in [0.29, 0.717) is 22.0 Å². The van der Waals surface area contributed by atoms with Crippen LogP contribution in [0.2, 0.25) is 5.02 Å². The van der Waals surface area contributed by atoms with Crippen LogP contribution >= 0.6 is 43.5 Å². The summed E-state index contributed by atoms with van der Waals surface area (Å²) in [6, 6.07) is 10.4. The number of nitrogens with two attached hydrogens (primary N) is 1. The summed E-state index contributed by atoms with van der Waals surface area (Å²) in [5.41, 5.74) is 7.14. The Morgan fingerprint density at radius 2 is 1.79 bits per heavy atom. The normalized spacial score (nSPS) is 10.3. The molecule has 0 aliphatic rings. The van der Waals surface area contributed by atoms with Crippen molar-refractivity contribution in [2.24, 2.45) is 0 Å². The van der Waals surface area contributed by atoms with Crippen LogP contribution in [0.15, 0.2) is 45.3 Å². The third-order valence-electron chi connectivity index (χ3n) is 2.41. The number of hydrogen-bond acceptors (Lipinski definition) is 2. The highest BCUT2D eigenvalue weighted by Gasteiger charge is 2.12. The van der Waals surface area contributed by atoms with Crippen molar-refractivity contribution in [3.05, 3.63) is 55.9 Å². The molecule has 6 heteroatoms. The summed E-state index contributed by atoms with van der Waals surface area (Å²) in [6.45, 7) is 0. The first-order valence-corrected chi connectivity index (χ1v) is 7.25. The van der Waals surface area contributed by atoms with Gasteiger partial charge in [-0.15, -0.1) is 0 Å². The van der Waals surface area contributed by atoms with Crippen molar-refractivity contribution in [3.8, 4) is 0 Å². The largest absolute Gasteiger partial charge is 0.397 e. The second-order valence-electron chi connectivity index (χ2n) is 3.82. The lowest BCUT2D eigenvalue weighted by atomic mass is 10.2. The monoisotopic (exact) mass is 402 g/mol. The second-order valence-corrected chi connectivity index (χ2v) is 6.05. The summed E-state index contributed by atoms with van der Waals surface area (Å²) in [4.78, 5) is 12.2. The molecular formula is C13H9Br2ClN2O. The van der Waals surface area contributed by atoms with Gasteiger partial charge in [0.2, 0.25) is 0 Å². The fraction of sp³-hybridized carbons (Fsp3) is 0. The zero-order chi connectivity index (χ0) is 14.0. The molecule has 0 aliphatic heterocycles. The Morgan fingerprint density at radius 1 is 1.16 bits per heavy atom. The molecule has 3 N–H and O–H groups in total. The van der Waals surface area contributed by atoms with E-state index in [1.807, 2.05) is 6.07 Å². The molecule has 0 atom stereocenters. The van der Waals surface area contributed by atoms with Gasteiger partial charge in [-0.3, -0.25) is 4.79 Å². The van der Waals surface area contributed by atoms with E-state index in [0.717, 1.165) is 8.95 Å². The zero-order valence-corrected chi connectivity index (χ0v) is 13.5. The molecule has 0 aromatic heterocycles. The SMILES string of the molecule is Nc1cccc(Cl)c1NC(=O)c1cc(Br)cc(Br)c1. The van der Waals surface area contributed by atoms with Gasteiger partial charge in [-0.05, 0) is 30.3 Å². The molecule has 0 saturated heterocycles. The number of benzene rings is 2. The van der Waals surface area contributed by atoms with E-state index in [1.54, 1.807) is 30.3 Å². The summed E-state index contributed by atoms with van der Waals surface area (Å²) >= 11 is 12.7. The highest BCUT2D eigenvalue weighted by Crippen LogP contribution is 2.29. The van der Waals surface area contributed by atoms with E-state index < -0.39 is 0 Å². The number of nitrogen functional groups attached to an aromatic ring is 1. The molecule has 2 rings (SSSR count). The molecule has 0 saturated carbocycles. The fourth-order valence-electron chi connectivity index (χ4n) is 1.54. The van der Waals surface area contributed by atoms with Crippen molar-refractivity contribution in [2.45, 2.75) is 0 Å². The number of carbonyl (C=O) groups excluding carboxylic acids is 1. The van der Waals surface area contributed by atoms with Gasteiger partial charge in [0.1, 0.15) is 0 Å². The molecule has 2 aromatic rings. The Hall–Kier alpha value is -1.04. The Balaban J connectivity index is 2.31. The quantitative estimate of drug-likeness (QED) is 0.713. The average molecular weight is 404 g/mol. The highest BCUT2D eigenvalue weighted by atomic mass is 79.9. The van der Waals surface area contributed by atoms with Crippen LogP contribution in [-0.2, 0) is 0 Å². The van der Waals surface area contributed by atoms with Gasteiger partial charge in [-0.1, -0.05) is 49.5 Å². The molecule has 0 bridgehead atoms. The molecule has 98 valence electrons. The number of hydrogen-bond donors (Lipinski definition) is 2. The van der Waals surface area contributed by atoms with Crippen molar-refractivity contribution in [1.82, 2.24) is 0 Å². The number of para-hydroxylation sites is 1. The minimum absolute atomic E-state index is 0.276. The summed E-state index contributed by atoms with van der Waals surface area (Å²) in [7, 11) is 0. The van der Waals surface area contributed by atoms with E-state index in [-0.39, 0.29) is 5.91 Å². The van der Waals surface area contributed by atoms with Crippen LogP contribution in [0.5, 0.6) is 0 Å². The Morgan fingerprint density at radius 3 is 2.37 bits per heavy atom. The lowest BCUT2D eigenvalue weighted by Gasteiger charge is -2.10. The van der Waals surface area contributed by atoms with Crippen LogP contribution in [0.1, 0.15) is 10.4 Å². The molecule has 0 fully saturated rings. The van der Waals surface area contributed by atoms with Crippen LogP contribution in [-0.4, -0.2) is 5.91 Å². The molecule has 0 unspecified atom stereocenters. The minimum atomic E-state index is -0.276.